The van der Waals surface area contributed by atoms with Crippen LogP contribution in [0.1, 0.15) is 1.43 Å². The highest BCUT2D eigenvalue weighted by Gasteiger charge is 1.83. The van der Waals surface area contributed by atoms with Gasteiger partial charge in [-0.3, -0.25) is 0 Å². The van der Waals surface area contributed by atoms with Crippen LogP contribution in [0.15, 0.2) is 0 Å². The van der Waals surface area contributed by atoms with Gasteiger partial charge in [-0.15, -0.1) is 0 Å². The lowest BCUT2D eigenvalue weighted by atomic mass is 11.8. The molecule has 1 nitrogen and oxygen atoms in total. The first kappa shape index (κ1) is 5.18. The second-order valence-electron chi connectivity index (χ2n) is 1.28. The Morgan fingerprint density at radius 1 is 1.60 bits per heavy atom. The van der Waals surface area contributed by atoms with E-state index in [1.54, 1.807) is 7.11 Å². The molecule has 0 radical (unpaired) electrons. The quantitative estimate of drug-likeness (QED) is 0.432. The molecule has 0 N–H and O–H groups in total. The van der Waals surface area contributed by atoms with Crippen molar-refractivity contribution in [2.75, 3.05) is 7.11 Å². The fourth-order valence-electron chi connectivity index (χ4n) is 0. The highest BCUT2D eigenvalue weighted by molar-refractivity contribution is 6.48. The highest BCUT2D eigenvalue weighted by atomic mass is 28.3. The molecule has 0 saturated carbocycles. The zero-order valence-electron chi connectivity index (χ0n) is 4.99. The average molecular weight is 91.2 g/mol. The van der Waals surface area contributed by atoms with Crippen LogP contribution in [0.3, 0.4) is 0 Å². The molecule has 0 bridgehead atoms. The molecule has 0 atom stereocenters. The molecule has 0 aliphatic carbocycles. The summed E-state index contributed by atoms with van der Waals surface area (Å²) >= 11 is 0. The van der Waals surface area contributed by atoms with E-state index in [9.17, 15) is 0 Å². The van der Waals surface area contributed by atoms with Gasteiger partial charge in [0, 0.05) is 7.11 Å². The molecule has 32 valence electrons. The summed E-state index contributed by atoms with van der Waals surface area (Å²) in [6.07, 6.45) is 0. The third-order valence-electron chi connectivity index (χ3n) is 0.471. The van der Waals surface area contributed by atoms with E-state index in [2.05, 4.69) is 13.1 Å². The van der Waals surface area contributed by atoms with Crippen molar-refractivity contribution in [2.45, 2.75) is 13.1 Å². The molecule has 2 heteroatoms. The van der Waals surface area contributed by atoms with Crippen LogP contribution in [0.25, 0.3) is 0 Å². The SMILES string of the molecule is CO[SiH](C)C.[H+]. The molecule has 5 heavy (non-hydrogen) atoms. The van der Waals surface area contributed by atoms with Gasteiger partial charge >= 0.3 is 1.43 Å². The van der Waals surface area contributed by atoms with Gasteiger partial charge in [-0.2, -0.15) is 0 Å². The van der Waals surface area contributed by atoms with Crippen LogP contribution in [0.4, 0.5) is 0 Å². The predicted octanol–water partition coefficient (Wildman–Crippen LogP) is 0.729. The van der Waals surface area contributed by atoms with Crippen molar-refractivity contribution in [2.24, 2.45) is 0 Å². The van der Waals surface area contributed by atoms with Gasteiger partial charge in [0.2, 0.25) is 0 Å². The van der Waals surface area contributed by atoms with Crippen molar-refractivity contribution in [1.29, 1.82) is 0 Å². The van der Waals surface area contributed by atoms with Crippen molar-refractivity contribution in [3.8, 4) is 0 Å². The van der Waals surface area contributed by atoms with Gasteiger partial charge in [0.25, 0.3) is 0 Å². The van der Waals surface area contributed by atoms with E-state index in [1.165, 1.54) is 0 Å². The van der Waals surface area contributed by atoms with Crippen LogP contribution >= 0.6 is 0 Å². The Kier molecular flexibility index (Phi) is 2.50. The Bertz CT molecular complexity index is 24.8. The van der Waals surface area contributed by atoms with Crippen LogP contribution in [0.2, 0.25) is 13.1 Å². The normalized spacial score (nSPS) is 9.60. The minimum Gasteiger partial charge on any atom is -0.424 e. The maximum Gasteiger partial charge on any atom is 1.00 e. The Hall–Kier alpha value is 0.177. The molecule has 0 aromatic carbocycles. The standard InChI is InChI=1S/C3H10OSi/c1-4-5(2)3/h5H,1-3H3/p+1. The summed E-state index contributed by atoms with van der Waals surface area (Å²) in [5.41, 5.74) is 0. The number of hydrogen-bond donors (Lipinski definition) is 0. The fraction of sp³-hybridized carbons (Fsp3) is 1.00. The molecule has 0 unspecified atom stereocenters. The van der Waals surface area contributed by atoms with Crippen LogP contribution < -0.4 is 0 Å². The largest absolute Gasteiger partial charge is 1.00 e. The van der Waals surface area contributed by atoms with Crippen molar-refractivity contribution >= 4 is 9.04 Å². The molecule has 0 amide bonds. The van der Waals surface area contributed by atoms with Gasteiger partial charge in [0.05, 0.1) is 0 Å². The molecule has 0 heterocycles. The van der Waals surface area contributed by atoms with Gasteiger partial charge in [-0.1, -0.05) is 0 Å². The zero-order chi connectivity index (χ0) is 4.28. The van der Waals surface area contributed by atoms with Gasteiger partial charge < -0.3 is 4.43 Å². The summed E-state index contributed by atoms with van der Waals surface area (Å²) in [5, 5.41) is 0. The Morgan fingerprint density at radius 3 is 1.80 bits per heavy atom. The molecule has 0 rings (SSSR count). The topological polar surface area (TPSA) is 9.23 Å². The minimum absolute atomic E-state index is 0. The fourth-order valence-corrected chi connectivity index (χ4v) is 0. The van der Waals surface area contributed by atoms with E-state index in [1.807, 2.05) is 0 Å². The third-order valence-corrected chi connectivity index (χ3v) is 1.41. The summed E-state index contributed by atoms with van der Waals surface area (Å²) < 4.78 is 4.89. The van der Waals surface area contributed by atoms with Crippen LogP contribution in [0.5, 0.6) is 0 Å². The van der Waals surface area contributed by atoms with E-state index in [-0.39, 0.29) is 1.43 Å². The molecular formula is C3H11OSi+. The van der Waals surface area contributed by atoms with Crippen molar-refractivity contribution in [3.63, 3.8) is 0 Å². The van der Waals surface area contributed by atoms with Crippen molar-refractivity contribution in [1.82, 2.24) is 0 Å². The lowest BCUT2D eigenvalue weighted by Crippen LogP contribution is -2.00. The second kappa shape index (κ2) is 2.42. The van der Waals surface area contributed by atoms with E-state index >= 15 is 0 Å². The third kappa shape index (κ3) is 4.18. The molecular weight excluding hydrogens is 80.1 g/mol. The van der Waals surface area contributed by atoms with E-state index in [0.717, 1.165) is 0 Å². The maximum absolute atomic E-state index is 4.89. The Balaban J connectivity index is 0. The van der Waals surface area contributed by atoms with E-state index in [0.29, 0.717) is 0 Å². The monoisotopic (exact) mass is 91.1 g/mol. The van der Waals surface area contributed by atoms with Crippen molar-refractivity contribution < 1.29 is 5.85 Å². The summed E-state index contributed by atoms with van der Waals surface area (Å²) in [7, 11) is 1.11. The first-order valence-corrected chi connectivity index (χ1v) is 4.58. The number of hydrogen-bond acceptors (Lipinski definition) is 1. The lowest BCUT2D eigenvalue weighted by molar-refractivity contribution is 0.430. The smallest absolute Gasteiger partial charge is 0.424 e. The maximum atomic E-state index is 4.89. The highest BCUT2D eigenvalue weighted by Crippen LogP contribution is 1.73. The number of rotatable bonds is 1. The zero-order valence-corrected chi connectivity index (χ0v) is 5.14. The predicted molar refractivity (Wildman–Crippen MR) is 27.0 cm³/mol. The molecule has 0 fully saturated rings. The molecule has 0 aliphatic heterocycles. The Morgan fingerprint density at radius 2 is 1.80 bits per heavy atom. The average Bonchev–Trinajstić information content (AvgIpc) is 1.38. The first-order valence-electron chi connectivity index (χ1n) is 1.80. The minimum atomic E-state index is -0.650. The molecule has 0 aromatic heterocycles. The van der Waals surface area contributed by atoms with Crippen LogP contribution in [0, 0.1) is 0 Å². The lowest BCUT2D eigenvalue weighted by Gasteiger charge is -1.92. The molecule has 0 saturated heterocycles. The van der Waals surface area contributed by atoms with Gasteiger partial charge in [-0.05, 0) is 13.1 Å². The summed E-state index contributed by atoms with van der Waals surface area (Å²) in [6.45, 7) is 4.28. The molecule has 0 spiro atoms. The Labute approximate surface area is 36.2 Å². The summed E-state index contributed by atoms with van der Waals surface area (Å²) in [5.74, 6) is 0. The summed E-state index contributed by atoms with van der Waals surface area (Å²) in [4.78, 5) is 0. The first-order chi connectivity index (χ1) is 2.27. The molecule has 0 aliphatic rings. The van der Waals surface area contributed by atoms with Crippen LogP contribution in [-0.2, 0) is 4.43 Å². The van der Waals surface area contributed by atoms with E-state index in [4.69, 9.17) is 4.43 Å². The molecule has 0 aromatic rings. The van der Waals surface area contributed by atoms with E-state index < -0.39 is 9.04 Å². The van der Waals surface area contributed by atoms with Gasteiger partial charge in [-0.25, -0.2) is 0 Å². The van der Waals surface area contributed by atoms with Gasteiger partial charge in [0.1, 0.15) is 0 Å². The van der Waals surface area contributed by atoms with Crippen LogP contribution in [-0.4, -0.2) is 16.2 Å². The van der Waals surface area contributed by atoms with Gasteiger partial charge in [0.15, 0.2) is 9.04 Å². The second-order valence-corrected chi connectivity index (χ2v) is 3.85. The summed E-state index contributed by atoms with van der Waals surface area (Å²) in [6, 6.07) is 0. The van der Waals surface area contributed by atoms with Crippen molar-refractivity contribution in [3.05, 3.63) is 0 Å².